The van der Waals surface area contributed by atoms with Gasteiger partial charge in [-0.05, 0) is 36.0 Å². The van der Waals surface area contributed by atoms with E-state index >= 15 is 0 Å². The van der Waals surface area contributed by atoms with Gasteiger partial charge in [0.25, 0.3) is 5.91 Å². The van der Waals surface area contributed by atoms with Gasteiger partial charge in [-0.1, -0.05) is 24.3 Å². The van der Waals surface area contributed by atoms with Crippen LogP contribution in [-0.2, 0) is 17.8 Å². The van der Waals surface area contributed by atoms with Crippen molar-refractivity contribution in [2.75, 3.05) is 6.61 Å². The molecular weight excluding hydrogens is 304 g/mol. The van der Waals surface area contributed by atoms with Crippen molar-refractivity contribution in [1.82, 2.24) is 10.3 Å². The molecule has 5 nitrogen and oxygen atoms in total. The molecule has 0 bridgehead atoms. The zero-order chi connectivity index (χ0) is 16.4. The molecule has 0 radical (unpaired) electrons. The van der Waals surface area contributed by atoms with Gasteiger partial charge in [-0.3, -0.25) is 4.79 Å². The van der Waals surface area contributed by atoms with Crippen LogP contribution in [0.15, 0.2) is 42.6 Å². The van der Waals surface area contributed by atoms with E-state index < -0.39 is 6.10 Å². The molecule has 1 aliphatic heterocycles. The van der Waals surface area contributed by atoms with Crippen molar-refractivity contribution in [3.63, 3.8) is 0 Å². The summed E-state index contributed by atoms with van der Waals surface area (Å²) in [5.74, 6) is 2.06. The molecule has 1 N–H and O–H groups in total. The standard InChI is InChI=1S/C19H20N2O3/c22-19(17-9-15-3-1-2-4-16(15)24-17)21-11-14-7-8-18(20-10-14)23-12-13-5-6-13/h1-4,7-8,10,13,17H,5-6,9,11-12H2,(H,21,22)/t17-/m0/s1. The molecule has 1 aromatic heterocycles. The summed E-state index contributed by atoms with van der Waals surface area (Å²) in [7, 11) is 0. The van der Waals surface area contributed by atoms with Gasteiger partial charge in [0.2, 0.25) is 5.88 Å². The minimum atomic E-state index is -0.448. The summed E-state index contributed by atoms with van der Waals surface area (Å²) in [5, 5.41) is 2.91. The number of hydrogen-bond donors (Lipinski definition) is 1. The number of pyridine rings is 1. The molecule has 1 saturated carbocycles. The molecular formula is C19H20N2O3. The largest absolute Gasteiger partial charge is 0.480 e. The van der Waals surface area contributed by atoms with Crippen molar-refractivity contribution in [2.24, 2.45) is 5.92 Å². The maximum absolute atomic E-state index is 12.3. The number of para-hydroxylation sites is 1. The molecule has 5 heteroatoms. The van der Waals surface area contributed by atoms with Crippen molar-refractivity contribution in [1.29, 1.82) is 0 Å². The summed E-state index contributed by atoms with van der Waals surface area (Å²) >= 11 is 0. The molecule has 2 aromatic rings. The van der Waals surface area contributed by atoms with Gasteiger partial charge >= 0.3 is 0 Å². The van der Waals surface area contributed by atoms with Gasteiger partial charge in [-0.15, -0.1) is 0 Å². The van der Waals surface area contributed by atoms with Gasteiger partial charge in [0.15, 0.2) is 6.10 Å². The molecule has 1 aliphatic carbocycles. The van der Waals surface area contributed by atoms with E-state index in [9.17, 15) is 4.79 Å². The SMILES string of the molecule is O=C(NCc1ccc(OCC2CC2)nc1)[C@@H]1Cc2ccccc2O1. The van der Waals surface area contributed by atoms with Crippen molar-refractivity contribution in [3.05, 3.63) is 53.7 Å². The van der Waals surface area contributed by atoms with Crippen LogP contribution < -0.4 is 14.8 Å². The zero-order valence-corrected chi connectivity index (χ0v) is 13.4. The molecule has 0 saturated heterocycles. The average Bonchev–Trinajstić information content (AvgIpc) is 3.35. The number of fused-ring (bicyclic) bond motifs is 1. The third kappa shape index (κ3) is 3.50. The smallest absolute Gasteiger partial charge is 0.261 e. The van der Waals surface area contributed by atoms with Crippen LogP contribution in [0, 0.1) is 5.92 Å². The van der Waals surface area contributed by atoms with E-state index in [0.29, 0.717) is 24.8 Å². The van der Waals surface area contributed by atoms with Crippen molar-refractivity contribution < 1.29 is 14.3 Å². The van der Waals surface area contributed by atoms with Crippen LogP contribution in [0.25, 0.3) is 0 Å². The van der Waals surface area contributed by atoms with Crippen LogP contribution in [0.2, 0.25) is 0 Å². The first-order chi connectivity index (χ1) is 11.8. The van der Waals surface area contributed by atoms with E-state index in [1.807, 2.05) is 36.4 Å². The van der Waals surface area contributed by atoms with E-state index in [1.165, 1.54) is 12.8 Å². The lowest BCUT2D eigenvalue weighted by molar-refractivity contribution is -0.127. The van der Waals surface area contributed by atoms with Crippen molar-refractivity contribution in [3.8, 4) is 11.6 Å². The predicted molar refractivity (Wildman–Crippen MR) is 88.9 cm³/mol. The van der Waals surface area contributed by atoms with Gasteiger partial charge in [-0.25, -0.2) is 4.98 Å². The number of benzene rings is 1. The Morgan fingerprint density at radius 1 is 1.25 bits per heavy atom. The number of rotatable bonds is 6. The molecule has 0 spiro atoms. The van der Waals surface area contributed by atoms with Crippen LogP contribution in [0.3, 0.4) is 0 Å². The summed E-state index contributed by atoms with van der Waals surface area (Å²) in [5.41, 5.74) is 2.02. The van der Waals surface area contributed by atoms with E-state index in [2.05, 4.69) is 10.3 Å². The molecule has 1 fully saturated rings. The van der Waals surface area contributed by atoms with Crippen LogP contribution in [0.4, 0.5) is 0 Å². The molecule has 1 atom stereocenters. The first-order valence-electron chi connectivity index (χ1n) is 8.38. The molecule has 124 valence electrons. The highest BCUT2D eigenvalue weighted by Gasteiger charge is 2.28. The minimum Gasteiger partial charge on any atom is -0.480 e. The number of hydrogen-bond acceptors (Lipinski definition) is 4. The zero-order valence-electron chi connectivity index (χ0n) is 13.4. The molecule has 4 rings (SSSR count). The summed E-state index contributed by atoms with van der Waals surface area (Å²) in [6, 6.07) is 11.5. The second-order valence-electron chi connectivity index (χ2n) is 6.40. The Bertz CT molecular complexity index is 701. The summed E-state index contributed by atoms with van der Waals surface area (Å²) < 4.78 is 11.3. The van der Waals surface area contributed by atoms with Crippen LogP contribution in [0.1, 0.15) is 24.0 Å². The lowest BCUT2D eigenvalue weighted by atomic mass is 10.1. The number of carbonyl (C=O) groups excluding carboxylic acids is 1. The highest BCUT2D eigenvalue weighted by molar-refractivity contribution is 5.82. The number of carbonyl (C=O) groups is 1. The number of aromatic nitrogens is 1. The highest BCUT2D eigenvalue weighted by atomic mass is 16.5. The van der Waals surface area contributed by atoms with E-state index in [0.717, 1.165) is 23.5 Å². The normalized spacial score (nSPS) is 18.6. The highest BCUT2D eigenvalue weighted by Crippen LogP contribution is 2.29. The first kappa shape index (κ1) is 15.0. The van der Waals surface area contributed by atoms with E-state index in [-0.39, 0.29) is 5.91 Å². The second-order valence-corrected chi connectivity index (χ2v) is 6.40. The van der Waals surface area contributed by atoms with Gasteiger partial charge in [0, 0.05) is 25.2 Å². The lowest BCUT2D eigenvalue weighted by Gasteiger charge is -2.11. The molecule has 1 aromatic carbocycles. The molecule has 1 amide bonds. The Labute approximate surface area is 141 Å². The quantitative estimate of drug-likeness (QED) is 0.887. The van der Waals surface area contributed by atoms with Gasteiger partial charge < -0.3 is 14.8 Å². The topological polar surface area (TPSA) is 60.5 Å². The Morgan fingerprint density at radius 3 is 2.88 bits per heavy atom. The maximum atomic E-state index is 12.3. The summed E-state index contributed by atoms with van der Waals surface area (Å²) in [6.45, 7) is 1.19. The minimum absolute atomic E-state index is 0.0970. The molecule has 2 heterocycles. The monoisotopic (exact) mass is 324 g/mol. The number of amides is 1. The van der Waals surface area contributed by atoms with E-state index in [1.54, 1.807) is 6.20 Å². The average molecular weight is 324 g/mol. The van der Waals surface area contributed by atoms with Crippen LogP contribution in [0.5, 0.6) is 11.6 Å². The number of nitrogens with one attached hydrogen (secondary N) is 1. The van der Waals surface area contributed by atoms with Crippen molar-refractivity contribution in [2.45, 2.75) is 31.9 Å². The second kappa shape index (κ2) is 6.51. The Morgan fingerprint density at radius 2 is 2.12 bits per heavy atom. The fourth-order valence-corrected chi connectivity index (χ4v) is 2.72. The van der Waals surface area contributed by atoms with Crippen molar-refractivity contribution >= 4 is 5.91 Å². The third-order valence-corrected chi connectivity index (χ3v) is 4.37. The summed E-state index contributed by atoms with van der Waals surface area (Å²) in [4.78, 5) is 16.5. The fraction of sp³-hybridized carbons (Fsp3) is 0.368. The van der Waals surface area contributed by atoms with Gasteiger partial charge in [-0.2, -0.15) is 0 Å². The number of ether oxygens (including phenoxy) is 2. The number of nitrogens with zero attached hydrogens (tertiary/aromatic N) is 1. The maximum Gasteiger partial charge on any atom is 0.261 e. The van der Waals surface area contributed by atoms with Gasteiger partial charge in [0.1, 0.15) is 5.75 Å². The van der Waals surface area contributed by atoms with E-state index in [4.69, 9.17) is 9.47 Å². The van der Waals surface area contributed by atoms with Gasteiger partial charge in [0.05, 0.1) is 6.61 Å². The Balaban J connectivity index is 1.26. The van der Waals surface area contributed by atoms with Crippen LogP contribution in [-0.4, -0.2) is 23.6 Å². The first-order valence-corrected chi connectivity index (χ1v) is 8.38. The Kier molecular flexibility index (Phi) is 4.07. The molecule has 24 heavy (non-hydrogen) atoms. The third-order valence-electron chi connectivity index (χ3n) is 4.37. The molecule has 0 unspecified atom stereocenters. The lowest BCUT2D eigenvalue weighted by Crippen LogP contribution is -2.37. The Hall–Kier alpha value is -2.56. The fourth-order valence-electron chi connectivity index (χ4n) is 2.72. The molecule has 2 aliphatic rings. The summed E-state index contributed by atoms with van der Waals surface area (Å²) in [6.07, 6.45) is 4.44. The van der Waals surface area contributed by atoms with Crippen LogP contribution >= 0.6 is 0 Å². The predicted octanol–water partition coefficient (Wildman–Crippen LogP) is 2.49.